The van der Waals surface area contributed by atoms with Crippen LogP contribution in [0.3, 0.4) is 0 Å². The van der Waals surface area contributed by atoms with Crippen LogP contribution in [-0.2, 0) is 4.79 Å². The fraction of sp³-hybridized carbons (Fsp3) is 0.588. The summed E-state index contributed by atoms with van der Waals surface area (Å²) < 4.78 is 0. The second kappa shape index (κ2) is 6.06. The number of benzene rings is 1. The molecule has 1 amide bonds. The molecule has 21 heavy (non-hydrogen) atoms. The molecule has 0 bridgehead atoms. The lowest BCUT2D eigenvalue weighted by atomic mass is 9.76. The molecule has 0 aliphatic heterocycles. The molecule has 1 aromatic carbocycles. The number of amides is 1. The highest BCUT2D eigenvalue weighted by Gasteiger charge is 2.40. The molecule has 1 aromatic rings. The number of nitrogens with two attached hydrogens (primary N) is 1. The van der Waals surface area contributed by atoms with E-state index in [-0.39, 0.29) is 17.7 Å². The Morgan fingerprint density at radius 3 is 2.76 bits per heavy atom. The molecule has 1 fully saturated rings. The van der Waals surface area contributed by atoms with Crippen LogP contribution in [0.5, 0.6) is 5.75 Å². The van der Waals surface area contributed by atoms with Gasteiger partial charge >= 0.3 is 0 Å². The predicted molar refractivity (Wildman–Crippen MR) is 83.8 cm³/mol. The lowest BCUT2D eigenvalue weighted by Crippen LogP contribution is -2.56. The smallest absolute Gasteiger partial charge is 0.242 e. The van der Waals surface area contributed by atoms with Crippen molar-refractivity contribution in [2.45, 2.75) is 51.1 Å². The summed E-state index contributed by atoms with van der Waals surface area (Å²) in [4.78, 5) is 14.5. The minimum atomic E-state index is -0.759. The van der Waals surface area contributed by atoms with Crippen molar-refractivity contribution in [1.29, 1.82) is 0 Å². The van der Waals surface area contributed by atoms with Gasteiger partial charge in [0.2, 0.25) is 5.91 Å². The van der Waals surface area contributed by atoms with E-state index >= 15 is 0 Å². The number of carbonyl (C=O) groups is 1. The normalized spacial score (nSPS) is 27.1. The highest BCUT2D eigenvalue weighted by molar-refractivity contribution is 5.86. The molecule has 1 aliphatic carbocycles. The van der Waals surface area contributed by atoms with Crippen molar-refractivity contribution in [2.75, 3.05) is 7.05 Å². The number of aromatic hydroxyl groups is 1. The van der Waals surface area contributed by atoms with E-state index in [0.717, 1.165) is 31.2 Å². The first-order valence-electron chi connectivity index (χ1n) is 7.69. The zero-order valence-electron chi connectivity index (χ0n) is 13.2. The summed E-state index contributed by atoms with van der Waals surface area (Å²) >= 11 is 0. The lowest BCUT2D eigenvalue weighted by Gasteiger charge is -2.40. The van der Waals surface area contributed by atoms with E-state index in [1.807, 2.05) is 19.1 Å². The molecule has 0 radical (unpaired) electrons. The third-order valence-corrected chi connectivity index (χ3v) is 4.75. The van der Waals surface area contributed by atoms with Crippen LogP contribution in [0.2, 0.25) is 0 Å². The Labute approximate surface area is 126 Å². The van der Waals surface area contributed by atoms with E-state index in [1.165, 1.54) is 0 Å². The first-order valence-corrected chi connectivity index (χ1v) is 7.69. The number of hydrogen-bond acceptors (Lipinski definition) is 3. The zero-order chi connectivity index (χ0) is 15.6. The molecule has 1 saturated carbocycles. The van der Waals surface area contributed by atoms with Crippen LogP contribution >= 0.6 is 0 Å². The summed E-state index contributed by atoms with van der Waals surface area (Å²) in [5, 5.41) is 9.96. The Hall–Kier alpha value is -1.55. The Balaban J connectivity index is 2.17. The van der Waals surface area contributed by atoms with Gasteiger partial charge in [0.1, 0.15) is 5.75 Å². The van der Waals surface area contributed by atoms with Gasteiger partial charge in [-0.25, -0.2) is 0 Å². The van der Waals surface area contributed by atoms with Gasteiger partial charge in [0.05, 0.1) is 11.6 Å². The topological polar surface area (TPSA) is 66.6 Å². The van der Waals surface area contributed by atoms with Crippen molar-refractivity contribution in [2.24, 2.45) is 11.7 Å². The van der Waals surface area contributed by atoms with Crippen molar-refractivity contribution in [3.05, 3.63) is 29.8 Å². The van der Waals surface area contributed by atoms with Gasteiger partial charge in [-0.05, 0) is 31.7 Å². The van der Waals surface area contributed by atoms with Crippen LogP contribution in [0.1, 0.15) is 51.1 Å². The lowest BCUT2D eigenvalue weighted by molar-refractivity contribution is -0.139. The summed E-state index contributed by atoms with van der Waals surface area (Å²) in [6.07, 6.45) is 3.63. The number of likely N-dealkylation sites (N-methyl/N-ethyl adjacent to an activating group) is 1. The highest BCUT2D eigenvalue weighted by Crippen LogP contribution is 2.34. The molecule has 116 valence electrons. The molecule has 2 rings (SSSR count). The van der Waals surface area contributed by atoms with Crippen molar-refractivity contribution in [1.82, 2.24) is 4.90 Å². The van der Waals surface area contributed by atoms with Gasteiger partial charge in [-0.15, -0.1) is 0 Å². The van der Waals surface area contributed by atoms with E-state index in [1.54, 1.807) is 24.1 Å². The largest absolute Gasteiger partial charge is 0.508 e. The van der Waals surface area contributed by atoms with Crippen LogP contribution in [-0.4, -0.2) is 28.5 Å². The molecule has 3 unspecified atom stereocenters. The average molecular weight is 290 g/mol. The molecule has 0 spiro atoms. The van der Waals surface area contributed by atoms with Gasteiger partial charge in [0.15, 0.2) is 0 Å². The summed E-state index contributed by atoms with van der Waals surface area (Å²) in [6.45, 7) is 4.07. The molecule has 0 aromatic heterocycles. The molecule has 4 nitrogen and oxygen atoms in total. The molecular weight excluding hydrogens is 264 g/mol. The third kappa shape index (κ3) is 3.21. The Morgan fingerprint density at radius 1 is 1.48 bits per heavy atom. The SMILES string of the molecule is CC1CCCC(N)(C(=O)N(C)C(C)c2ccccc2O)C1. The van der Waals surface area contributed by atoms with E-state index in [0.29, 0.717) is 5.92 Å². The van der Waals surface area contributed by atoms with Crippen molar-refractivity contribution in [3.8, 4) is 5.75 Å². The number of nitrogens with zero attached hydrogens (tertiary/aromatic N) is 1. The van der Waals surface area contributed by atoms with E-state index in [9.17, 15) is 9.90 Å². The summed E-state index contributed by atoms with van der Waals surface area (Å²) in [5.74, 6) is 0.680. The van der Waals surface area contributed by atoms with E-state index in [2.05, 4.69) is 6.92 Å². The molecule has 1 aliphatic rings. The first-order chi connectivity index (χ1) is 9.85. The van der Waals surface area contributed by atoms with Gasteiger partial charge in [-0.1, -0.05) is 38.0 Å². The van der Waals surface area contributed by atoms with Crippen molar-refractivity contribution >= 4 is 5.91 Å². The number of rotatable bonds is 3. The van der Waals surface area contributed by atoms with Crippen molar-refractivity contribution in [3.63, 3.8) is 0 Å². The molecule has 3 N–H and O–H groups in total. The second-order valence-corrected chi connectivity index (χ2v) is 6.51. The molecular formula is C17H26N2O2. The van der Waals surface area contributed by atoms with Crippen LogP contribution in [0.4, 0.5) is 0 Å². The van der Waals surface area contributed by atoms with Gasteiger partial charge in [0, 0.05) is 12.6 Å². The minimum absolute atomic E-state index is 0.0233. The van der Waals surface area contributed by atoms with Crippen LogP contribution in [0.25, 0.3) is 0 Å². The summed E-state index contributed by atoms with van der Waals surface area (Å²) in [7, 11) is 1.77. The molecule has 0 heterocycles. The summed E-state index contributed by atoms with van der Waals surface area (Å²) in [6, 6.07) is 6.93. The predicted octanol–water partition coefficient (Wildman–Crippen LogP) is 2.82. The average Bonchev–Trinajstić information content (AvgIpc) is 2.45. The zero-order valence-corrected chi connectivity index (χ0v) is 13.2. The molecule has 0 saturated heterocycles. The maximum absolute atomic E-state index is 12.8. The van der Waals surface area contributed by atoms with Crippen LogP contribution < -0.4 is 5.73 Å². The van der Waals surface area contributed by atoms with Crippen LogP contribution in [0.15, 0.2) is 24.3 Å². The molecule has 3 atom stereocenters. The van der Waals surface area contributed by atoms with Gasteiger partial charge in [-0.2, -0.15) is 0 Å². The first kappa shape index (κ1) is 15.8. The van der Waals surface area contributed by atoms with E-state index in [4.69, 9.17) is 5.73 Å². The van der Waals surface area contributed by atoms with Crippen LogP contribution in [0, 0.1) is 5.92 Å². The van der Waals surface area contributed by atoms with Gasteiger partial charge in [0.25, 0.3) is 0 Å². The summed E-state index contributed by atoms with van der Waals surface area (Å²) in [5.41, 5.74) is 6.39. The fourth-order valence-corrected chi connectivity index (χ4v) is 3.36. The Morgan fingerprint density at radius 2 is 2.14 bits per heavy atom. The Bertz CT molecular complexity index is 517. The number of phenolic OH excluding ortho intramolecular Hbond substituents is 1. The van der Waals surface area contributed by atoms with E-state index < -0.39 is 5.54 Å². The standard InChI is InChI=1S/C17H26N2O2/c1-12-7-6-10-17(18,11-12)16(21)19(3)13(2)14-8-4-5-9-15(14)20/h4-5,8-9,12-13,20H,6-7,10-11,18H2,1-3H3. The Kier molecular flexibility index (Phi) is 4.57. The van der Waals surface area contributed by atoms with Crippen molar-refractivity contribution < 1.29 is 9.90 Å². The second-order valence-electron chi connectivity index (χ2n) is 6.51. The fourth-order valence-electron chi connectivity index (χ4n) is 3.36. The monoisotopic (exact) mass is 290 g/mol. The number of carbonyl (C=O) groups excluding carboxylic acids is 1. The molecule has 4 heteroatoms. The quantitative estimate of drug-likeness (QED) is 0.899. The third-order valence-electron chi connectivity index (χ3n) is 4.75. The number of phenols is 1. The van der Waals surface area contributed by atoms with Gasteiger partial charge in [-0.3, -0.25) is 4.79 Å². The minimum Gasteiger partial charge on any atom is -0.508 e. The maximum atomic E-state index is 12.8. The van der Waals surface area contributed by atoms with Gasteiger partial charge < -0.3 is 15.7 Å². The highest BCUT2D eigenvalue weighted by atomic mass is 16.3. The maximum Gasteiger partial charge on any atom is 0.242 e. The number of para-hydroxylation sites is 1. The number of hydrogen-bond donors (Lipinski definition) is 2.